The van der Waals surface area contributed by atoms with Gasteiger partial charge in [0.2, 0.25) is 11.7 Å². The first-order valence-corrected chi connectivity index (χ1v) is 9.04. The first kappa shape index (κ1) is 19.0. The first-order chi connectivity index (χ1) is 12.9. The van der Waals surface area contributed by atoms with E-state index in [1.54, 1.807) is 6.92 Å². The Morgan fingerprint density at radius 2 is 2.11 bits per heavy atom. The number of rotatable bonds is 4. The quantitative estimate of drug-likeness (QED) is 0.784. The number of aliphatic hydroxyl groups is 1. The highest BCUT2D eigenvalue weighted by atomic mass is 16.5. The number of hydrogen-bond donors (Lipinski definition) is 2. The van der Waals surface area contributed by atoms with Gasteiger partial charge in [0.15, 0.2) is 0 Å². The third-order valence-corrected chi connectivity index (χ3v) is 4.62. The smallest absolute Gasteiger partial charge is 0.311 e. The SMILES string of the molecule is CC(CNC(=O)C(=O)N1CCCC(C)(O)C1)c1nc(-c2ccccc2)no1. The maximum Gasteiger partial charge on any atom is 0.311 e. The van der Waals surface area contributed by atoms with Crippen LogP contribution in [0, 0.1) is 0 Å². The molecule has 8 nitrogen and oxygen atoms in total. The van der Waals surface area contributed by atoms with Crippen molar-refractivity contribution in [3.63, 3.8) is 0 Å². The van der Waals surface area contributed by atoms with Crippen molar-refractivity contribution in [3.05, 3.63) is 36.2 Å². The van der Waals surface area contributed by atoms with E-state index in [1.165, 1.54) is 4.90 Å². The molecule has 2 amide bonds. The molecule has 2 atom stereocenters. The van der Waals surface area contributed by atoms with Gasteiger partial charge in [0, 0.05) is 25.2 Å². The number of amides is 2. The predicted molar refractivity (Wildman–Crippen MR) is 97.6 cm³/mol. The van der Waals surface area contributed by atoms with Crippen LogP contribution in [0.25, 0.3) is 11.4 Å². The Morgan fingerprint density at radius 3 is 2.81 bits per heavy atom. The van der Waals surface area contributed by atoms with Crippen molar-refractivity contribution < 1.29 is 19.2 Å². The summed E-state index contributed by atoms with van der Waals surface area (Å²) < 4.78 is 5.28. The molecule has 0 bridgehead atoms. The largest absolute Gasteiger partial charge is 0.388 e. The predicted octanol–water partition coefficient (Wildman–Crippen LogP) is 1.33. The zero-order valence-corrected chi connectivity index (χ0v) is 15.5. The average molecular weight is 372 g/mol. The second kappa shape index (κ2) is 7.87. The van der Waals surface area contributed by atoms with E-state index in [9.17, 15) is 14.7 Å². The van der Waals surface area contributed by atoms with Crippen molar-refractivity contribution in [1.29, 1.82) is 0 Å². The maximum absolute atomic E-state index is 12.3. The second-order valence-corrected chi connectivity index (χ2v) is 7.26. The van der Waals surface area contributed by atoms with Crippen molar-refractivity contribution in [2.75, 3.05) is 19.6 Å². The van der Waals surface area contributed by atoms with Gasteiger partial charge in [0.25, 0.3) is 0 Å². The van der Waals surface area contributed by atoms with Gasteiger partial charge in [-0.25, -0.2) is 0 Å². The molecule has 1 aliphatic rings. The summed E-state index contributed by atoms with van der Waals surface area (Å²) in [5.74, 6) is -0.686. The van der Waals surface area contributed by atoms with E-state index < -0.39 is 17.4 Å². The summed E-state index contributed by atoms with van der Waals surface area (Å²) in [6, 6.07) is 9.44. The van der Waals surface area contributed by atoms with Crippen molar-refractivity contribution >= 4 is 11.8 Å². The monoisotopic (exact) mass is 372 g/mol. The van der Waals surface area contributed by atoms with E-state index in [0.29, 0.717) is 31.1 Å². The Hall–Kier alpha value is -2.74. The van der Waals surface area contributed by atoms with Gasteiger partial charge in [0.1, 0.15) is 0 Å². The van der Waals surface area contributed by atoms with Gasteiger partial charge in [-0.05, 0) is 19.8 Å². The van der Waals surface area contributed by atoms with Gasteiger partial charge in [-0.2, -0.15) is 4.98 Å². The van der Waals surface area contributed by atoms with E-state index in [0.717, 1.165) is 5.56 Å². The average Bonchev–Trinajstić information content (AvgIpc) is 3.15. The lowest BCUT2D eigenvalue weighted by molar-refractivity contribution is -0.149. The molecule has 0 saturated carbocycles. The number of carbonyl (C=O) groups excluding carboxylic acids is 2. The normalized spacial score (nSPS) is 20.9. The molecule has 1 aliphatic heterocycles. The van der Waals surface area contributed by atoms with Gasteiger partial charge in [-0.1, -0.05) is 42.4 Å². The second-order valence-electron chi connectivity index (χ2n) is 7.26. The first-order valence-electron chi connectivity index (χ1n) is 9.04. The topological polar surface area (TPSA) is 109 Å². The molecule has 2 N–H and O–H groups in total. The molecule has 3 rings (SSSR count). The highest BCUT2D eigenvalue weighted by Crippen LogP contribution is 2.21. The van der Waals surface area contributed by atoms with E-state index in [1.807, 2.05) is 37.3 Å². The number of nitrogens with zero attached hydrogens (tertiary/aromatic N) is 3. The van der Waals surface area contributed by atoms with Crippen molar-refractivity contribution in [3.8, 4) is 11.4 Å². The fourth-order valence-electron chi connectivity index (χ4n) is 3.09. The van der Waals surface area contributed by atoms with Crippen LogP contribution >= 0.6 is 0 Å². The van der Waals surface area contributed by atoms with E-state index in [2.05, 4.69) is 15.5 Å². The summed E-state index contributed by atoms with van der Waals surface area (Å²) >= 11 is 0. The van der Waals surface area contributed by atoms with Crippen LogP contribution in [0.4, 0.5) is 0 Å². The van der Waals surface area contributed by atoms with Crippen LogP contribution in [0.1, 0.15) is 38.5 Å². The van der Waals surface area contributed by atoms with Gasteiger partial charge < -0.3 is 19.8 Å². The Labute approximate surface area is 157 Å². The number of hydrogen-bond acceptors (Lipinski definition) is 6. The number of piperidine rings is 1. The zero-order valence-electron chi connectivity index (χ0n) is 15.5. The Kier molecular flexibility index (Phi) is 5.55. The van der Waals surface area contributed by atoms with E-state index in [-0.39, 0.29) is 19.0 Å². The summed E-state index contributed by atoms with van der Waals surface area (Å²) in [6.45, 7) is 4.34. The van der Waals surface area contributed by atoms with Crippen LogP contribution in [-0.4, -0.2) is 57.2 Å². The highest BCUT2D eigenvalue weighted by molar-refractivity contribution is 6.35. The number of β-amino-alcohol motifs (C(OH)–C–C–N with tert-alkyl or cyclic N) is 1. The minimum Gasteiger partial charge on any atom is -0.388 e. The molecule has 8 heteroatoms. The summed E-state index contributed by atoms with van der Waals surface area (Å²) in [5, 5.41) is 16.7. The molecular weight excluding hydrogens is 348 g/mol. The highest BCUT2D eigenvalue weighted by Gasteiger charge is 2.33. The van der Waals surface area contributed by atoms with Crippen molar-refractivity contribution in [2.24, 2.45) is 0 Å². The molecule has 27 heavy (non-hydrogen) atoms. The van der Waals surface area contributed by atoms with Crippen molar-refractivity contribution in [2.45, 2.75) is 38.2 Å². The fourth-order valence-corrected chi connectivity index (χ4v) is 3.09. The minimum atomic E-state index is -0.945. The van der Waals surface area contributed by atoms with Gasteiger partial charge >= 0.3 is 11.8 Å². The van der Waals surface area contributed by atoms with Crippen LogP contribution in [0.2, 0.25) is 0 Å². The number of aromatic nitrogens is 2. The minimum absolute atomic E-state index is 0.166. The number of likely N-dealkylation sites (tertiary alicyclic amines) is 1. The lowest BCUT2D eigenvalue weighted by Crippen LogP contribution is -2.52. The molecule has 2 heterocycles. The number of nitrogens with one attached hydrogen (secondary N) is 1. The van der Waals surface area contributed by atoms with Crippen LogP contribution in [-0.2, 0) is 9.59 Å². The van der Waals surface area contributed by atoms with Crippen LogP contribution < -0.4 is 5.32 Å². The van der Waals surface area contributed by atoms with E-state index >= 15 is 0 Å². The summed E-state index contributed by atoms with van der Waals surface area (Å²) in [4.78, 5) is 30.2. The summed E-state index contributed by atoms with van der Waals surface area (Å²) in [5.41, 5.74) is -0.102. The Bertz CT molecular complexity index is 803. The summed E-state index contributed by atoms with van der Waals surface area (Å²) in [6.07, 6.45) is 1.29. The lowest BCUT2D eigenvalue weighted by atomic mass is 9.95. The molecule has 144 valence electrons. The number of benzene rings is 1. The lowest BCUT2D eigenvalue weighted by Gasteiger charge is -2.36. The fraction of sp³-hybridized carbons (Fsp3) is 0.474. The van der Waals surface area contributed by atoms with Gasteiger partial charge in [-0.15, -0.1) is 0 Å². The molecule has 1 aromatic carbocycles. The summed E-state index contributed by atoms with van der Waals surface area (Å²) in [7, 11) is 0. The van der Waals surface area contributed by atoms with Crippen LogP contribution in [0.15, 0.2) is 34.9 Å². The van der Waals surface area contributed by atoms with E-state index in [4.69, 9.17) is 4.52 Å². The van der Waals surface area contributed by atoms with Crippen LogP contribution in [0.5, 0.6) is 0 Å². The third-order valence-electron chi connectivity index (χ3n) is 4.62. The standard InChI is InChI=1S/C19H24N4O4/c1-13(17-21-15(22-27-17)14-7-4-3-5-8-14)11-20-16(24)18(25)23-10-6-9-19(2,26)12-23/h3-5,7-8,13,26H,6,9-12H2,1-2H3,(H,20,24). The Morgan fingerprint density at radius 1 is 1.37 bits per heavy atom. The molecule has 1 fully saturated rings. The molecule has 2 aromatic rings. The molecule has 1 saturated heterocycles. The molecule has 0 spiro atoms. The molecule has 0 aliphatic carbocycles. The molecule has 2 unspecified atom stereocenters. The van der Waals surface area contributed by atoms with Gasteiger partial charge in [0.05, 0.1) is 11.5 Å². The third kappa shape index (κ3) is 4.71. The Balaban J connectivity index is 1.54. The van der Waals surface area contributed by atoms with Crippen molar-refractivity contribution in [1.82, 2.24) is 20.4 Å². The molecule has 1 aromatic heterocycles. The zero-order chi connectivity index (χ0) is 19.4. The number of carbonyl (C=O) groups is 2. The maximum atomic E-state index is 12.3. The molecule has 0 radical (unpaired) electrons. The van der Waals surface area contributed by atoms with Crippen LogP contribution in [0.3, 0.4) is 0 Å². The molecular formula is C19H24N4O4. The van der Waals surface area contributed by atoms with Gasteiger partial charge in [-0.3, -0.25) is 9.59 Å².